The van der Waals surface area contributed by atoms with E-state index in [4.69, 9.17) is 18.9 Å². The highest BCUT2D eigenvalue weighted by molar-refractivity contribution is 5.70. The maximum Gasteiger partial charge on any atom is 0.306 e. The van der Waals surface area contributed by atoms with Gasteiger partial charge in [0.05, 0.1) is 40.3 Å². The maximum absolute atomic E-state index is 13.0. The molecule has 0 aromatic carbocycles. The van der Waals surface area contributed by atoms with Crippen molar-refractivity contribution in [2.45, 2.75) is 399 Å². The van der Waals surface area contributed by atoms with Crippen LogP contribution in [0.5, 0.6) is 0 Å². The van der Waals surface area contributed by atoms with Crippen LogP contribution in [-0.2, 0) is 33.3 Å². The minimum Gasteiger partial charge on any atom is -0.545 e. The lowest BCUT2D eigenvalue weighted by molar-refractivity contribution is -0.870. The summed E-state index contributed by atoms with van der Waals surface area (Å²) in [5, 5.41) is 11.9. The molecule has 91 heavy (non-hydrogen) atoms. The van der Waals surface area contributed by atoms with E-state index in [0.717, 1.165) is 64.2 Å². The molecule has 0 saturated carbocycles. The molecule has 0 radical (unpaired) electrons. The van der Waals surface area contributed by atoms with Gasteiger partial charge in [0, 0.05) is 12.8 Å². The van der Waals surface area contributed by atoms with Crippen molar-refractivity contribution in [1.29, 1.82) is 0 Å². The Morgan fingerprint density at radius 2 is 0.626 bits per heavy atom. The quantitative estimate of drug-likeness (QED) is 0.0195. The third-order valence-electron chi connectivity index (χ3n) is 17.8. The lowest BCUT2D eigenvalue weighted by atomic mass is 10.0. The summed E-state index contributed by atoms with van der Waals surface area (Å²) in [6.45, 7) is 4.70. The second kappa shape index (κ2) is 72.8. The largest absolute Gasteiger partial charge is 0.545 e. The fourth-order valence-electron chi connectivity index (χ4n) is 11.8. The zero-order valence-electron chi connectivity index (χ0n) is 61.0. The molecular weight excluding hydrogens is 1130 g/mol. The number of ether oxygens (including phenoxy) is 4. The van der Waals surface area contributed by atoms with Crippen molar-refractivity contribution < 1.29 is 42.9 Å². The van der Waals surface area contributed by atoms with Crippen LogP contribution in [-0.4, -0.2) is 82.3 Å². The van der Waals surface area contributed by atoms with Crippen molar-refractivity contribution in [3.63, 3.8) is 0 Å². The van der Waals surface area contributed by atoms with Gasteiger partial charge in [-0.2, -0.15) is 0 Å². The number of esters is 2. The molecule has 2 atom stereocenters. The minimum absolute atomic E-state index is 0.149. The molecule has 0 amide bonds. The van der Waals surface area contributed by atoms with Crippen LogP contribution in [0.2, 0.25) is 0 Å². The molecule has 9 nitrogen and oxygen atoms in total. The molecule has 0 fully saturated rings. The van der Waals surface area contributed by atoms with Gasteiger partial charge in [-0.25, -0.2) is 0 Å². The monoisotopic (exact) mass is 1280 g/mol. The van der Waals surface area contributed by atoms with E-state index in [0.29, 0.717) is 23.9 Å². The Bertz CT molecular complexity index is 1680. The van der Waals surface area contributed by atoms with Crippen LogP contribution < -0.4 is 5.11 Å². The number of carbonyl (C=O) groups is 3. The summed E-state index contributed by atoms with van der Waals surface area (Å²) < 4.78 is 22.9. The lowest BCUT2D eigenvalue weighted by Crippen LogP contribution is -2.44. The third kappa shape index (κ3) is 74.3. The highest BCUT2D eigenvalue weighted by atomic mass is 16.7. The molecule has 0 bridgehead atoms. The third-order valence-corrected chi connectivity index (χ3v) is 17.8. The van der Waals surface area contributed by atoms with Crippen molar-refractivity contribution in [1.82, 2.24) is 0 Å². The van der Waals surface area contributed by atoms with Crippen molar-refractivity contribution in [3.05, 3.63) is 60.8 Å². The highest BCUT2D eigenvalue weighted by Crippen LogP contribution is 2.20. The van der Waals surface area contributed by atoms with Gasteiger partial charge in [0.2, 0.25) is 0 Å². The Balaban J connectivity index is 3.99. The highest BCUT2D eigenvalue weighted by Gasteiger charge is 2.22. The topological polar surface area (TPSA) is 111 Å². The molecule has 0 N–H and O–H groups in total. The first kappa shape index (κ1) is 88.0. The predicted octanol–water partition coefficient (Wildman–Crippen LogP) is 23.7. The van der Waals surface area contributed by atoms with Crippen molar-refractivity contribution in [2.75, 3.05) is 47.5 Å². The summed E-state index contributed by atoms with van der Waals surface area (Å²) in [7, 11) is 5.95. The Hall–Kier alpha value is -3.01. The second-order valence-electron chi connectivity index (χ2n) is 28.0. The Labute approximate surface area is 565 Å². The van der Waals surface area contributed by atoms with Crippen molar-refractivity contribution >= 4 is 17.9 Å². The molecular formula is C82H151NO8. The van der Waals surface area contributed by atoms with E-state index in [1.165, 1.54) is 289 Å². The number of quaternary nitrogens is 1. The zero-order valence-corrected chi connectivity index (χ0v) is 61.0. The number of hydrogen-bond donors (Lipinski definition) is 0. The molecule has 2 unspecified atom stereocenters. The zero-order chi connectivity index (χ0) is 66.1. The summed E-state index contributed by atoms with van der Waals surface area (Å²) in [6.07, 6.45) is 93.5. The number of carboxylic acid groups (broad SMARTS) is 1. The van der Waals surface area contributed by atoms with E-state index in [1.54, 1.807) is 0 Å². The van der Waals surface area contributed by atoms with Crippen LogP contribution in [0.3, 0.4) is 0 Å². The SMILES string of the molecule is CC/C=C\C/C=C\C/C=C\C/C=C\C/C=C\CCCCCCCCCCCCCCCCCC(=O)OC(COC(=O)CCCCCCCCCCCCCCCCCCCCCCCCCCCCCCCCCCCCC)COC(OCC[N+](C)(C)C)C(=O)[O-]. The standard InChI is InChI=1S/C82H151NO8/c1-6-8-10-12-14-16-18-20-22-24-26-28-30-32-34-36-38-39-40-41-43-44-46-48-50-52-54-56-58-60-62-64-66-68-70-72-79(84)89-76-78(77-90-82(81(86)87)88-75-74-83(3,4)5)91-80(85)73-71-69-67-65-63-61-59-57-55-53-51-49-47-45-42-37-35-33-31-29-27-25-23-21-19-17-15-13-11-9-7-2/h9,11,15,17,21,23,27,29,33,35,78,82H,6-8,10,12-14,16,18-20,22,24-26,28,30-32,34,36-77H2,1-5H3/b11-9-,17-15-,23-21-,29-27-,35-33-. The predicted molar refractivity (Wildman–Crippen MR) is 389 cm³/mol. The molecule has 0 aliphatic heterocycles. The van der Waals surface area contributed by atoms with Crippen LogP contribution in [0.25, 0.3) is 0 Å². The molecule has 0 rings (SSSR count). The van der Waals surface area contributed by atoms with Crippen LogP contribution >= 0.6 is 0 Å². The van der Waals surface area contributed by atoms with Crippen LogP contribution in [0.1, 0.15) is 386 Å². The van der Waals surface area contributed by atoms with Gasteiger partial charge in [-0.1, -0.05) is 376 Å². The van der Waals surface area contributed by atoms with Gasteiger partial charge in [-0.15, -0.1) is 0 Å². The first-order chi connectivity index (χ1) is 44.6. The van der Waals surface area contributed by atoms with Crippen LogP contribution in [0, 0.1) is 0 Å². The normalized spacial score (nSPS) is 12.9. The fraction of sp³-hybridized carbons (Fsp3) is 0.841. The summed E-state index contributed by atoms with van der Waals surface area (Å²) in [5.41, 5.74) is 0. The number of carboxylic acids is 1. The number of allylic oxidation sites excluding steroid dienone is 10. The first-order valence-electron chi connectivity index (χ1n) is 39.4. The van der Waals surface area contributed by atoms with E-state index in [2.05, 4.69) is 74.6 Å². The summed E-state index contributed by atoms with van der Waals surface area (Å²) in [4.78, 5) is 37.6. The van der Waals surface area contributed by atoms with Gasteiger partial charge in [0.15, 0.2) is 12.4 Å². The lowest BCUT2D eigenvalue weighted by Gasteiger charge is -2.26. The number of unbranched alkanes of at least 4 members (excludes halogenated alkanes) is 49. The summed E-state index contributed by atoms with van der Waals surface area (Å²) in [6, 6.07) is 0. The molecule has 0 aromatic rings. The summed E-state index contributed by atoms with van der Waals surface area (Å²) in [5.74, 6) is -2.26. The number of rotatable bonds is 74. The van der Waals surface area contributed by atoms with Crippen LogP contribution in [0.15, 0.2) is 60.8 Å². The number of hydrogen-bond acceptors (Lipinski definition) is 8. The molecule has 0 aliphatic carbocycles. The van der Waals surface area contributed by atoms with Gasteiger partial charge in [0.1, 0.15) is 13.2 Å². The maximum atomic E-state index is 13.0. The number of aliphatic carboxylic acids is 1. The van der Waals surface area contributed by atoms with E-state index in [-0.39, 0.29) is 32.2 Å². The van der Waals surface area contributed by atoms with E-state index in [9.17, 15) is 19.5 Å². The Morgan fingerprint density at radius 1 is 0.341 bits per heavy atom. The average Bonchev–Trinajstić information content (AvgIpc) is 3.65. The smallest absolute Gasteiger partial charge is 0.306 e. The molecule has 0 heterocycles. The van der Waals surface area contributed by atoms with E-state index < -0.39 is 24.3 Å². The minimum atomic E-state index is -1.62. The molecule has 0 spiro atoms. The Kier molecular flexibility index (Phi) is 70.4. The fourth-order valence-corrected chi connectivity index (χ4v) is 11.8. The van der Waals surface area contributed by atoms with Crippen molar-refractivity contribution in [2.24, 2.45) is 0 Å². The van der Waals surface area contributed by atoms with Gasteiger partial charge in [-0.3, -0.25) is 9.59 Å². The number of carbonyl (C=O) groups excluding carboxylic acids is 3. The van der Waals surface area contributed by atoms with E-state index >= 15 is 0 Å². The van der Waals surface area contributed by atoms with Gasteiger partial charge >= 0.3 is 11.9 Å². The molecule has 9 heteroatoms. The van der Waals surface area contributed by atoms with Crippen LogP contribution in [0.4, 0.5) is 0 Å². The second-order valence-corrected chi connectivity index (χ2v) is 28.0. The van der Waals surface area contributed by atoms with Gasteiger partial charge in [-0.05, 0) is 57.8 Å². The Morgan fingerprint density at radius 3 is 0.934 bits per heavy atom. The van der Waals surface area contributed by atoms with E-state index in [1.807, 2.05) is 21.1 Å². The average molecular weight is 1280 g/mol. The molecule has 532 valence electrons. The van der Waals surface area contributed by atoms with Gasteiger partial charge in [0.25, 0.3) is 0 Å². The number of likely N-dealkylation sites (N-methyl/N-ethyl adjacent to an activating group) is 1. The van der Waals surface area contributed by atoms with Crippen molar-refractivity contribution in [3.8, 4) is 0 Å². The summed E-state index contributed by atoms with van der Waals surface area (Å²) >= 11 is 0. The number of nitrogens with zero attached hydrogens (tertiary/aromatic N) is 1. The first-order valence-corrected chi connectivity index (χ1v) is 39.4. The molecule has 0 aliphatic rings. The molecule has 0 saturated heterocycles. The van der Waals surface area contributed by atoms with Gasteiger partial charge < -0.3 is 33.3 Å². The molecule has 0 aromatic heterocycles.